The van der Waals surface area contributed by atoms with Crippen LogP contribution >= 0.6 is 0 Å². The predicted molar refractivity (Wildman–Crippen MR) is 75.9 cm³/mol. The number of aromatic nitrogens is 1. The third-order valence-corrected chi connectivity index (χ3v) is 2.77. The molecule has 1 saturated heterocycles. The summed E-state index contributed by atoms with van der Waals surface area (Å²) in [5.41, 5.74) is 0.833. The van der Waals surface area contributed by atoms with Crippen LogP contribution in [0.5, 0.6) is 0 Å². The van der Waals surface area contributed by atoms with Gasteiger partial charge < -0.3 is 0 Å². The standard InChI is InChI=1S/C11H15FN2.2C2H6/c1-2-9-6-14(7-9)8-10-4-3-5-11(12)13-10;2*1-2/h3-5,9H,2,6-8H2,1H3;2*1-2H3. The Bertz CT molecular complexity index is 309. The summed E-state index contributed by atoms with van der Waals surface area (Å²) in [5.74, 6) is 0.457. The largest absolute Gasteiger partial charge is 0.297 e. The molecule has 0 N–H and O–H groups in total. The minimum absolute atomic E-state index is 0.380. The van der Waals surface area contributed by atoms with Gasteiger partial charge in [-0.3, -0.25) is 4.90 Å². The van der Waals surface area contributed by atoms with Crippen LogP contribution < -0.4 is 0 Å². The Balaban J connectivity index is 0.000000659. The second-order valence-corrected chi connectivity index (χ2v) is 3.92. The summed E-state index contributed by atoms with van der Waals surface area (Å²) in [5, 5.41) is 0. The molecule has 3 heteroatoms. The Morgan fingerprint density at radius 2 is 1.83 bits per heavy atom. The normalized spacial score (nSPS) is 14.8. The van der Waals surface area contributed by atoms with Crippen molar-refractivity contribution in [3.05, 3.63) is 29.8 Å². The van der Waals surface area contributed by atoms with E-state index in [2.05, 4.69) is 16.8 Å². The van der Waals surface area contributed by atoms with Gasteiger partial charge in [0.25, 0.3) is 0 Å². The molecule has 2 heterocycles. The highest BCUT2D eigenvalue weighted by Gasteiger charge is 2.24. The molecule has 2 rings (SSSR count). The van der Waals surface area contributed by atoms with Gasteiger partial charge in [-0.2, -0.15) is 4.39 Å². The molecular formula is C15H27FN2. The second-order valence-electron chi connectivity index (χ2n) is 3.92. The van der Waals surface area contributed by atoms with E-state index < -0.39 is 0 Å². The molecule has 1 fully saturated rings. The van der Waals surface area contributed by atoms with Crippen LogP contribution in [0.3, 0.4) is 0 Å². The number of likely N-dealkylation sites (tertiary alicyclic amines) is 1. The summed E-state index contributed by atoms with van der Waals surface area (Å²) in [6, 6.07) is 4.98. The van der Waals surface area contributed by atoms with Crippen molar-refractivity contribution in [2.75, 3.05) is 13.1 Å². The number of halogens is 1. The molecule has 1 aromatic heterocycles. The van der Waals surface area contributed by atoms with Crippen LogP contribution in [0, 0.1) is 11.9 Å². The monoisotopic (exact) mass is 254 g/mol. The summed E-state index contributed by atoms with van der Waals surface area (Å²) < 4.78 is 12.8. The van der Waals surface area contributed by atoms with E-state index in [-0.39, 0.29) is 5.95 Å². The number of hydrogen-bond donors (Lipinski definition) is 0. The Morgan fingerprint density at radius 1 is 1.22 bits per heavy atom. The van der Waals surface area contributed by atoms with Gasteiger partial charge >= 0.3 is 0 Å². The van der Waals surface area contributed by atoms with Gasteiger partial charge in [0.1, 0.15) is 0 Å². The molecule has 1 aromatic rings. The lowest BCUT2D eigenvalue weighted by molar-refractivity contribution is 0.0882. The molecule has 0 atom stereocenters. The fourth-order valence-electron chi connectivity index (χ4n) is 1.83. The highest BCUT2D eigenvalue weighted by molar-refractivity contribution is 5.05. The first-order chi connectivity index (χ1) is 8.78. The minimum Gasteiger partial charge on any atom is -0.297 e. The molecule has 0 saturated carbocycles. The van der Waals surface area contributed by atoms with Crippen molar-refractivity contribution in [3.8, 4) is 0 Å². The Hall–Kier alpha value is -0.960. The van der Waals surface area contributed by atoms with Gasteiger partial charge in [0.2, 0.25) is 5.95 Å². The molecular weight excluding hydrogens is 227 g/mol. The van der Waals surface area contributed by atoms with E-state index in [1.54, 1.807) is 6.07 Å². The molecule has 18 heavy (non-hydrogen) atoms. The maximum absolute atomic E-state index is 12.8. The smallest absolute Gasteiger partial charge is 0.213 e. The second kappa shape index (κ2) is 10.0. The van der Waals surface area contributed by atoms with E-state index in [1.165, 1.54) is 12.5 Å². The van der Waals surface area contributed by atoms with Crippen molar-refractivity contribution in [2.24, 2.45) is 5.92 Å². The first-order valence-corrected chi connectivity index (χ1v) is 7.11. The number of rotatable bonds is 3. The van der Waals surface area contributed by atoms with E-state index in [0.29, 0.717) is 0 Å². The van der Waals surface area contributed by atoms with Crippen LogP contribution in [0.4, 0.5) is 4.39 Å². The van der Waals surface area contributed by atoms with Gasteiger partial charge in [-0.05, 0) is 18.1 Å². The van der Waals surface area contributed by atoms with Gasteiger partial charge in [-0.25, -0.2) is 4.98 Å². The Morgan fingerprint density at radius 3 is 2.33 bits per heavy atom. The molecule has 0 aliphatic carbocycles. The predicted octanol–water partition coefficient (Wildman–Crippen LogP) is 4.11. The van der Waals surface area contributed by atoms with Crippen LogP contribution in [0.25, 0.3) is 0 Å². The van der Waals surface area contributed by atoms with E-state index in [9.17, 15) is 4.39 Å². The van der Waals surface area contributed by atoms with Crippen LogP contribution in [0.15, 0.2) is 18.2 Å². The summed E-state index contributed by atoms with van der Waals surface area (Å²) in [7, 11) is 0. The SMILES string of the molecule is CC.CC.CCC1CN(Cc2cccc(F)n2)C1. The third kappa shape index (κ3) is 5.58. The molecule has 0 aromatic carbocycles. The van der Waals surface area contributed by atoms with Crippen molar-refractivity contribution in [1.82, 2.24) is 9.88 Å². The zero-order valence-electron chi connectivity index (χ0n) is 12.4. The summed E-state index contributed by atoms with van der Waals surface area (Å²) in [4.78, 5) is 6.14. The van der Waals surface area contributed by atoms with E-state index >= 15 is 0 Å². The highest BCUT2D eigenvalue weighted by atomic mass is 19.1. The van der Waals surface area contributed by atoms with Gasteiger partial charge in [0, 0.05) is 19.6 Å². The number of pyridine rings is 1. The summed E-state index contributed by atoms with van der Waals surface area (Å²) in [6.07, 6.45) is 1.24. The van der Waals surface area contributed by atoms with E-state index in [1.807, 2.05) is 33.8 Å². The van der Waals surface area contributed by atoms with Gasteiger partial charge in [-0.1, -0.05) is 47.1 Å². The molecule has 0 amide bonds. The fourth-order valence-corrected chi connectivity index (χ4v) is 1.83. The third-order valence-electron chi connectivity index (χ3n) is 2.77. The van der Waals surface area contributed by atoms with Crippen LogP contribution in [0.2, 0.25) is 0 Å². The molecule has 0 radical (unpaired) electrons. The van der Waals surface area contributed by atoms with E-state index in [0.717, 1.165) is 31.2 Å². The lowest BCUT2D eigenvalue weighted by atomic mass is 9.97. The zero-order valence-corrected chi connectivity index (χ0v) is 12.4. The first-order valence-electron chi connectivity index (χ1n) is 7.11. The first kappa shape index (κ1) is 17.0. The van der Waals surface area contributed by atoms with Crippen LogP contribution in [-0.2, 0) is 6.54 Å². The van der Waals surface area contributed by atoms with Crippen molar-refractivity contribution < 1.29 is 4.39 Å². The maximum atomic E-state index is 12.8. The van der Waals surface area contributed by atoms with Crippen LogP contribution in [-0.4, -0.2) is 23.0 Å². The Labute approximate surface area is 111 Å². The zero-order chi connectivity index (χ0) is 14.0. The van der Waals surface area contributed by atoms with E-state index in [4.69, 9.17) is 0 Å². The summed E-state index contributed by atoms with van der Waals surface area (Å²) in [6.45, 7) is 13.3. The molecule has 1 aliphatic heterocycles. The van der Waals surface area contributed by atoms with Crippen LogP contribution in [0.1, 0.15) is 46.7 Å². The van der Waals surface area contributed by atoms with Crippen molar-refractivity contribution >= 4 is 0 Å². The number of nitrogens with zero attached hydrogens (tertiary/aromatic N) is 2. The quantitative estimate of drug-likeness (QED) is 0.754. The molecule has 0 bridgehead atoms. The minimum atomic E-state index is -0.380. The average Bonchev–Trinajstić information content (AvgIpc) is 2.38. The molecule has 1 aliphatic rings. The van der Waals surface area contributed by atoms with Gasteiger partial charge in [0.05, 0.1) is 5.69 Å². The lowest BCUT2D eigenvalue weighted by Gasteiger charge is -2.38. The summed E-state index contributed by atoms with van der Waals surface area (Å²) >= 11 is 0. The molecule has 0 unspecified atom stereocenters. The Kier molecular flexibility index (Phi) is 9.47. The molecule has 0 spiro atoms. The van der Waals surface area contributed by atoms with Crippen molar-refractivity contribution in [2.45, 2.75) is 47.6 Å². The maximum Gasteiger partial charge on any atom is 0.213 e. The fraction of sp³-hybridized carbons (Fsp3) is 0.667. The average molecular weight is 254 g/mol. The topological polar surface area (TPSA) is 16.1 Å². The van der Waals surface area contributed by atoms with Crippen molar-refractivity contribution in [3.63, 3.8) is 0 Å². The molecule has 104 valence electrons. The molecule has 2 nitrogen and oxygen atoms in total. The number of hydrogen-bond acceptors (Lipinski definition) is 2. The highest BCUT2D eigenvalue weighted by Crippen LogP contribution is 2.20. The van der Waals surface area contributed by atoms with Gasteiger partial charge in [0.15, 0.2) is 0 Å². The van der Waals surface area contributed by atoms with Gasteiger partial charge in [-0.15, -0.1) is 0 Å². The van der Waals surface area contributed by atoms with Crippen molar-refractivity contribution in [1.29, 1.82) is 0 Å². The lowest BCUT2D eigenvalue weighted by Crippen LogP contribution is -2.45.